The van der Waals surface area contributed by atoms with Crippen LogP contribution in [0.5, 0.6) is 0 Å². The van der Waals surface area contributed by atoms with Gasteiger partial charge in [0.25, 0.3) is 0 Å². The number of carbonyl (C=O) groups excluding carboxylic acids is 6. The van der Waals surface area contributed by atoms with Crippen LogP contribution in [0.1, 0.15) is 85.0 Å². The molecule has 0 fully saturated rings. The lowest BCUT2D eigenvalue weighted by molar-refractivity contribution is -0.156. The predicted octanol–water partition coefficient (Wildman–Crippen LogP) is 2.82. The summed E-state index contributed by atoms with van der Waals surface area (Å²) in [6, 6.07) is 9.45. The first-order chi connectivity index (χ1) is 27.5. The van der Waals surface area contributed by atoms with Gasteiger partial charge in [-0.15, -0.1) is 0 Å². The molecule has 1 aromatic heterocycles. The molecule has 0 radical (unpaired) electrons. The van der Waals surface area contributed by atoms with Crippen LogP contribution in [0, 0.1) is 17.0 Å². The van der Waals surface area contributed by atoms with Crippen LogP contribution in [0.15, 0.2) is 60.8 Å². The minimum absolute atomic E-state index is 0.00407. The van der Waals surface area contributed by atoms with Crippen molar-refractivity contribution in [1.82, 2.24) is 25.4 Å². The molecule has 4 atom stereocenters. The van der Waals surface area contributed by atoms with Gasteiger partial charge in [0.05, 0.1) is 24.9 Å². The highest BCUT2D eigenvalue weighted by atomic mass is 19.1. The Morgan fingerprint density at radius 1 is 0.881 bits per heavy atom. The molecular weight excluding hydrogens is 768 g/mol. The van der Waals surface area contributed by atoms with E-state index in [9.17, 15) is 38.3 Å². The highest BCUT2D eigenvalue weighted by Gasteiger charge is 2.37. The number of primary amides is 1. The molecular formula is C42H57F2N7O8. The van der Waals surface area contributed by atoms with Gasteiger partial charge in [0.2, 0.25) is 29.5 Å². The lowest BCUT2D eigenvalue weighted by atomic mass is 9.83. The third-order valence-electron chi connectivity index (χ3n) is 8.98. The quantitative estimate of drug-likeness (QED) is 0.0771. The van der Waals surface area contributed by atoms with Gasteiger partial charge >= 0.3 is 5.97 Å². The summed E-state index contributed by atoms with van der Waals surface area (Å²) < 4.78 is 36.6. The van der Waals surface area contributed by atoms with Gasteiger partial charge in [0.15, 0.2) is 0 Å². The van der Waals surface area contributed by atoms with Crippen molar-refractivity contribution in [3.63, 3.8) is 0 Å². The van der Waals surface area contributed by atoms with E-state index in [-0.39, 0.29) is 25.1 Å². The van der Waals surface area contributed by atoms with E-state index in [1.54, 1.807) is 33.0 Å². The van der Waals surface area contributed by atoms with E-state index in [0.29, 0.717) is 17.8 Å². The SMILES string of the molecule is C[C@H](N)C(=O)N[C@@H](CC(=O)OC(C)(C)C)C(=O)N[C@@H](CC(N)=O)C(=O)NCCCN(C(=O)CO)[C@@H](c1cc(-c2cc(F)ccc2F)cn1Cc1ccccc1)C(C)(C)C. The maximum Gasteiger partial charge on any atom is 0.308 e. The van der Waals surface area contributed by atoms with Crippen LogP contribution >= 0.6 is 0 Å². The molecule has 8 N–H and O–H groups in total. The van der Waals surface area contributed by atoms with Crippen molar-refractivity contribution in [2.75, 3.05) is 19.7 Å². The summed E-state index contributed by atoms with van der Waals surface area (Å²) >= 11 is 0. The Morgan fingerprint density at radius 3 is 2.08 bits per heavy atom. The topological polar surface area (TPSA) is 228 Å². The fraction of sp³-hybridized carbons (Fsp3) is 0.476. The van der Waals surface area contributed by atoms with Crippen molar-refractivity contribution in [1.29, 1.82) is 0 Å². The molecule has 17 heteroatoms. The Kier molecular flexibility index (Phi) is 16.8. The molecule has 0 bridgehead atoms. The molecule has 3 rings (SSSR count). The third kappa shape index (κ3) is 14.6. The van der Waals surface area contributed by atoms with Crippen LogP contribution in [0.4, 0.5) is 8.78 Å². The van der Waals surface area contributed by atoms with Crippen molar-refractivity contribution in [3.05, 3.63) is 83.7 Å². The largest absolute Gasteiger partial charge is 0.460 e. The van der Waals surface area contributed by atoms with Crippen LogP contribution in [0.2, 0.25) is 0 Å². The average Bonchev–Trinajstić information content (AvgIpc) is 3.53. The Morgan fingerprint density at radius 2 is 1.51 bits per heavy atom. The Labute approximate surface area is 343 Å². The predicted molar refractivity (Wildman–Crippen MR) is 216 cm³/mol. The number of esters is 1. The van der Waals surface area contributed by atoms with Gasteiger partial charge < -0.3 is 46.7 Å². The molecule has 1 heterocycles. The van der Waals surface area contributed by atoms with Crippen LogP contribution in [-0.2, 0) is 40.0 Å². The number of ether oxygens (including phenoxy) is 1. The van der Waals surface area contributed by atoms with Crippen molar-refractivity contribution in [2.24, 2.45) is 16.9 Å². The van der Waals surface area contributed by atoms with Gasteiger partial charge in [-0.05, 0) is 69.4 Å². The van der Waals surface area contributed by atoms with Crippen LogP contribution in [0.3, 0.4) is 0 Å². The molecule has 5 amide bonds. The van der Waals surface area contributed by atoms with Gasteiger partial charge in [-0.3, -0.25) is 28.8 Å². The van der Waals surface area contributed by atoms with E-state index in [1.165, 1.54) is 11.8 Å². The first kappa shape index (κ1) is 47.7. The third-order valence-corrected chi connectivity index (χ3v) is 8.98. The number of aromatic nitrogens is 1. The number of nitrogens with two attached hydrogens (primary N) is 2. The molecule has 0 unspecified atom stereocenters. The minimum atomic E-state index is -1.52. The second-order valence-electron chi connectivity index (χ2n) is 16.4. The van der Waals surface area contributed by atoms with E-state index in [2.05, 4.69) is 16.0 Å². The van der Waals surface area contributed by atoms with Gasteiger partial charge in [-0.1, -0.05) is 51.1 Å². The van der Waals surface area contributed by atoms with E-state index >= 15 is 4.39 Å². The Balaban J connectivity index is 1.88. The summed E-state index contributed by atoms with van der Waals surface area (Å²) in [5, 5.41) is 17.5. The molecule has 0 spiro atoms. The number of benzene rings is 2. The number of hydrogen-bond acceptors (Lipinski definition) is 9. The van der Waals surface area contributed by atoms with Crippen LogP contribution in [-0.4, -0.2) is 93.5 Å². The number of aliphatic hydroxyl groups is 1. The molecule has 0 saturated carbocycles. The van der Waals surface area contributed by atoms with E-state index in [1.807, 2.05) is 55.7 Å². The molecule has 322 valence electrons. The smallest absolute Gasteiger partial charge is 0.308 e. The zero-order valence-electron chi connectivity index (χ0n) is 34.6. The number of amides is 5. The van der Waals surface area contributed by atoms with Gasteiger partial charge in [0, 0.05) is 42.7 Å². The van der Waals surface area contributed by atoms with Crippen LogP contribution in [0.25, 0.3) is 11.1 Å². The van der Waals surface area contributed by atoms with Crippen molar-refractivity contribution < 1.29 is 47.4 Å². The highest BCUT2D eigenvalue weighted by molar-refractivity contribution is 5.96. The number of rotatable bonds is 19. The summed E-state index contributed by atoms with van der Waals surface area (Å²) in [5.74, 6) is -6.21. The number of nitrogens with zero attached hydrogens (tertiary/aromatic N) is 2. The second kappa shape index (κ2) is 20.8. The van der Waals surface area contributed by atoms with Gasteiger partial charge in [0.1, 0.15) is 35.9 Å². The van der Waals surface area contributed by atoms with E-state index in [4.69, 9.17) is 16.2 Å². The first-order valence-corrected chi connectivity index (χ1v) is 19.2. The number of nitrogens with one attached hydrogen (secondary N) is 3. The summed E-state index contributed by atoms with van der Waals surface area (Å²) in [4.78, 5) is 78.8. The highest BCUT2D eigenvalue weighted by Crippen LogP contribution is 2.41. The monoisotopic (exact) mass is 825 g/mol. The maximum absolute atomic E-state index is 15.1. The Bertz CT molecular complexity index is 1960. The fourth-order valence-corrected chi connectivity index (χ4v) is 6.43. The van der Waals surface area contributed by atoms with Crippen molar-refractivity contribution in [3.8, 4) is 11.1 Å². The lowest BCUT2D eigenvalue weighted by Crippen LogP contribution is -2.56. The number of aliphatic hydroxyl groups excluding tert-OH is 1. The molecule has 0 aliphatic rings. The standard InChI is InChI=1S/C42H57F2N7O8/c1-25(45)38(56)48-32(21-36(55)59-42(5,6)7)40(58)49-31(20-34(46)53)39(57)47-16-11-17-51(35(54)24-52)37(41(2,3)4)33-18-27(29-19-28(43)14-15-30(29)44)23-50(33)22-26-12-9-8-10-13-26/h8-10,12-15,18-19,23,25,31-32,37,52H,11,16-17,20-22,24,45H2,1-7H3,(H2,46,53)(H,47,57)(H,48,56)(H,49,58)/t25-,31-,32-,37-/m0/s1. The van der Waals surface area contributed by atoms with Crippen molar-refractivity contribution >= 4 is 35.5 Å². The zero-order chi connectivity index (χ0) is 44.2. The summed E-state index contributed by atoms with van der Waals surface area (Å²) in [6.07, 6.45) is 0.571. The summed E-state index contributed by atoms with van der Waals surface area (Å²) in [6.45, 7) is 11.3. The Hall–Kier alpha value is -5.68. The average molecular weight is 826 g/mol. The minimum Gasteiger partial charge on any atom is -0.460 e. The van der Waals surface area contributed by atoms with E-state index < -0.39 is 102 Å². The van der Waals surface area contributed by atoms with Gasteiger partial charge in [-0.2, -0.15) is 0 Å². The fourth-order valence-electron chi connectivity index (χ4n) is 6.43. The van der Waals surface area contributed by atoms with E-state index in [0.717, 1.165) is 23.8 Å². The van der Waals surface area contributed by atoms with Crippen LogP contribution < -0.4 is 27.4 Å². The molecule has 0 aliphatic heterocycles. The first-order valence-electron chi connectivity index (χ1n) is 19.2. The summed E-state index contributed by atoms with van der Waals surface area (Å²) in [7, 11) is 0. The zero-order valence-corrected chi connectivity index (χ0v) is 34.6. The molecule has 59 heavy (non-hydrogen) atoms. The second-order valence-corrected chi connectivity index (χ2v) is 16.4. The molecule has 2 aromatic carbocycles. The molecule has 0 saturated heterocycles. The van der Waals surface area contributed by atoms with Gasteiger partial charge in [-0.25, -0.2) is 8.78 Å². The summed E-state index contributed by atoms with van der Waals surface area (Å²) in [5.41, 5.74) is 11.3. The number of halogens is 2. The maximum atomic E-state index is 15.1. The molecule has 0 aliphatic carbocycles. The molecule has 15 nitrogen and oxygen atoms in total. The normalized spacial score (nSPS) is 13.7. The number of hydrogen-bond donors (Lipinski definition) is 6. The number of carbonyl (C=O) groups is 6. The molecule has 3 aromatic rings. The van der Waals surface area contributed by atoms with Crippen molar-refractivity contribution in [2.45, 2.75) is 104 Å². The lowest BCUT2D eigenvalue weighted by Gasteiger charge is -2.41.